The van der Waals surface area contributed by atoms with Crippen molar-refractivity contribution in [2.45, 2.75) is 0 Å². The van der Waals surface area contributed by atoms with E-state index in [4.69, 9.17) is 11.5 Å². The molecule has 0 aromatic carbocycles. The predicted molar refractivity (Wildman–Crippen MR) is 40.1 cm³/mol. The number of primary amides is 2. The van der Waals surface area contributed by atoms with E-state index in [1.54, 1.807) is 0 Å². The van der Waals surface area contributed by atoms with Gasteiger partial charge in [-0.15, -0.1) is 0 Å². The number of amides is 2. The SMILES string of the molecule is COc1c(C(N)=O)noc1C(N)=O. The van der Waals surface area contributed by atoms with Gasteiger partial charge in [0.15, 0.2) is 0 Å². The number of carbonyl (C=O) groups is 2. The Labute approximate surface area is 72.6 Å². The molecule has 0 unspecified atom stereocenters. The molecule has 1 heterocycles. The molecule has 13 heavy (non-hydrogen) atoms. The molecule has 0 fully saturated rings. The fourth-order valence-electron chi connectivity index (χ4n) is 0.785. The summed E-state index contributed by atoms with van der Waals surface area (Å²) < 4.78 is 9.14. The van der Waals surface area contributed by atoms with Crippen LogP contribution < -0.4 is 16.2 Å². The predicted octanol–water partition coefficient (Wildman–Crippen LogP) is -1.12. The van der Waals surface area contributed by atoms with Crippen LogP contribution in [-0.4, -0.2) is 24.1 Å². The van der Waals surface area contributed by atoms with E-state index in [1.807, 2.05) is 0 Å². The van der Waals surface area contributed by atoms with Crippen LogP contribution in [0.2, 0.25) is 0 Å². The van der Waals surface area contributed by atoms with Crippen molar-refractivity contribution < 1.29 is 18.8 Å². The van der Waals surface area contributed by atoms with Crippen molar-refractivity contribution >= 4 is 11.8 Å². The molecule has 70 valence electrons. The number of aromatic nitrogens is 1. The number of nitrogens with two attached hydrogens (primary N) is 2. The van der Waals surface area contributed by atoms with Gasteiger partial charge in [-0.05, 0) is 0 Å². The summed E-state index contributed by atoms with van der Waals surface area (Å²) in [6, 6.07) is 0. The van der Waals surface area contributed by atoms with Gasteiger partial charge in [-0.1, -0.05) is 5.16 Å². The van der Waals surface area contributed by atoms with Crippen LogP contribution in [0.1, 0.15) is 21.0 Å². The Bertz CT molecular complexity index is 325. The van der Waals surface area contributed by atoms with Crippen LogP contribution in [0.4, 0.5) is 0 Å². The highest BCUT2D eigenvalue weighted by Crippen LogP contribution is 2.21. The number of nitrogens with zero attached hydrogens (tertiary/aromatic N) is 1. The number of hydrogen-bond acceptors (Lipinski definition) is 5. The zero-order valence-electron chi connectivity index (χ0n) is 6.73. The third kappa shape index (κ3) is 1.43. The molecule has 0 aliphatic rings. The average Bonchev–Trinajstić information content (AvgIpc) is 2.46. The molecule has 0 bridgehead atoms. The van der Waals surface area contributed by atoms with Gasteiger partial charge in [0.1, 0.15) is 0 Å². The minimum atomic E-state index is -0.878. The van der Waals surface area contributed by atoms with Crippen LogP contribution in [0.15, 0.2) is 4.52 Å². The Hall–Kier alpha value is -2.05. The molecule has 0 saturated carbocycles. The van der Waals surface area contributed by atoms with Gasteiger partial charge in [-0.25, -0.2) is 0 Å². The highest BCUT2D eigenvalue weighted by Gasteiger charge is 2.24. The van der Waals surface area contributed by atoms with E-state index in [1.165, 1.54) is 7.11 Å². The minimum absolute atomic E-state index is 0.139. The highest BCUT2D eigenvalue weighted by molar-refractivity contribution is 5.99. The fraction of sp³-hybridized carbons (Fsp3) is 0.167. The zero-order valence-corrected chi connectivity index (χ0v) is 6.73. The van der Waals surface area contributed by atoms with Crippen molar-refractivity contribution in [1.82, 2.24) is 5.16 Å². The van der Waals surface area contributed by atoms with E-state index in [2.05, 4.69) is 14.4 Å². The first kappa shape index (κ1) is 9.04. The van der Waals surface area contributed by atoms with Crippen LogP contribution in [0, 0.1) is 0 Å². The molecule has 1 aromatic heterocycles. The highest BCUT2D eigenvalue weighted by atomic mass is 16.5. The molecule has 0 spiro atoms. The lowest BCUT2D eigenvalue weighted by Crippen LogP contribution is -2.14. The summed E-state index contributed by atoms with van der Waals surface area (Å²) in [6.45, 7) is 0. The number of ether oxygens (including phenoxy) is 1. The van der Waals surface area contributed by atoms with E-state index in [-0.39, 0.29) is 17.2 Å². The van der Waals surface area contributed by atoms with E-state index in [0.717, 1.165) is 0 Å². The first-order chi connectivity index (χ1) is 6.07. The normalized spacial score (nSPS) is 9.62. The summed E-state index contributed by atoms with van der Waals surface area (Å²) in [6.07, 6.45) is 0. The summed E-state index contributed by atoms with van der Waals surface area (Å²) in [5.74, 6) is -2.19. The van der Waals surface area contributed by atoms with Crippen LogP contribution in [-0.2, 0) is 0 Å². The second kappa shape index (κ2) is 3.13. The lowest BCUT2D eigenvalue weighted by molar-refractivity contribution is 0.0955. The molecule has 0 aliphatic heterocycles. The van der Waals surface area contributed by atoms with Gasteiger partial charge >= 0.3 is 0 Å². The van der Waals surface area contributed by atoms with E-state index >= 15 is 0 Å². The van der Waals surface area contributed by atoms with Crippen molar-refractivity contribution in [3.8, 4) is 5.75 Å². The van der Waals surface area contributed by atoms with Crippen molar-refractivity contribution in [2.75, 3.05) is 7.11 Å². The topological polar surface area (TPSA) is 121 Å². The average molecular weight is 185 g/mol. The number of hydrogen-bond donors (Lipinski definition) is 2. The number of rotatable bonds is 3. The largest absolute Gasteiger partial charge is 0.490 e. The Balaban J connectivity index is 3.26. The monoisotopic (exact) mass is 185 g/mol. The Morgan fingerprint density at radius 2 is 2.00 bits per heavy atom. The maximum absolute atomic E-state index is 10.7. The summed E-state index contributed by atoms with van der Waals surface area (Å²) >= 11 is 0. The summed E-state index contributed by atoms with van der Waals surface area (Å²) in [5.41, 5.74) is 9.56. The smallest absolute Gasteiger partial charge is 0.291 e. The molecule has 2 amide bonds. The lowest BCUT2D eigenvalue weighted by atomic mass is 10.3. The molecule has 0 radical (unpaired) electrons. The van der Waals surface area contributed by atoms with Gasteiger partial charge in [-0.3, -0.25) is 9.59 Å². The van der Waals surface area contributed by atoms with Crippen molar-refractivity contribution in [3.63, 3.8) is 0 Å². The van der Waals surface area contributed by atoms with Gasteiger partial charge in [0.05, 0.1) is 7.11 Å². The van der Waals surface area contributed by atoms with Crippen LogP contribution in [0.25, 0.3) is 0 Å². The standard InChI is InChI=1S/C6H7N3O4/c1-12-3-2(5(7)10)9-13-4(3)6(8)11/h1H3,(H2,7,10)(H2,8,11). The fourth-order valence-corrected chi connectivity index (χ4v) is 0.785. The number of methoxy groups -OCH3 is 1. The zero-order chi connectivity index (χ0) is 10.0. The van der Waals surface area contributed by atoms with Crippen LogP contribution >= 0.6 is 0 Å². The van der Waals surface area contributed by atoms with Gasteiger partial charge in [-0.2, -0.15) is 0 Å². The van der Waals surface area contributed by atoms with Crippen molar-refractivity contribution in [2.24, 2.45) is 11.5 Å². The summed E-state index contributed by atoms with van der Waals surface area (Å²) in [5, 5.41) is 3.23. The summed E-state index contributed by atoms with van der Waals surface area (Å²) in [7, 11) is 1.24. The molecular formula is C6H7N3O4. The second-order valence-electron chi connectivity index (χ2n) is 2.12. The molecule has 1 rings (SSSR count). The third-order valence-corrected chi connectivity index (χ3v) is 1.31. The Kier molecular flexibility index (Phi) is 2.18. The Morgan fingerprint density at radius 1 is 1.38 bits per heavy atom. The van der Waals surface area contributed by atoms with Gasteiger partial charge in [0.25, 0.3) is 17.6 Å². The molecule has 7 heteroatoms. The van der Waals surface area contributed by atoms with E-state index in [0.29, 0.717) is 0 Å². The van der Waals surface area contributed by atoms with Gasteiger partial charge < -0.3 is 20.7 Å². The molecule has 0 aliphatic carbocycles. The van der Waals surface area contributed by atoms with Gasteiger partial charge in [0, 0.05) is 0 Å². The van der Waals surface area contributed by atoms with Crippen molar-refractivity contribution in [3.05, 3.63) is 11.5 Å². The van der Waals surface area contributed by atoms with Crippen molar-refractivity contribution in [1.29, 1.82) is 0 Å². The lowest BCUT2D eigenvalue weighted by Gasteiger charge is -1.96. The molecular weight excluding hydrogens is 178 g/mol. The van der Waals surface area contributed by atoms with Gasteiger partial charge in [0.2, 0.25) is 11.4 Å². The van der Waals surface area contributed by atoms with Crippen LogP contribution in [0.5, 0.6) is 5.75 Å². The molecule has 0 atom stereocenters. The number of carbonyl (C=O) groups excluding carboxylic acids is 2. The minimum Gasteiger partial charge on any atom is -0.490 e. The second-order valence-corrected chi connectivity index (χ2v) is 2.12. The van der Waals surface area contributed by atoms with Crippen LogP contribution in [0.3, 0.4) is 0 Å². The first-order valence-electron chi connectivity index (χ1n) is 3.21. The maximum Gasteiger partial charge on any atom is 0.291 e. The summed E-state index contributed by atoms with van der Waals surface area (Å²) in [4.78, 5) is 21.4. The molecule has 7 nitrogen and oxygen atoms in total. The van der Waals surface area contributed by atoms with E-state index < -0.39 is 11.8 Å². The molecule has 0 saturated heterocycles. The quantitative estimate of drug-likeness (QED) is 0.617. The van der Waals surface area contributed by atoms with E-state index in [9.17, 15) is 9.59 Å². The molecule has 1 aromatic rings. The Morgan fingerprint density at radius 3 is 2.38 bits per heavy atom. The first-order valence-corrected chi connectivity index (χ1v) is 3.21. The molecule has 4 N–H and O–H groups in total. The third-order valence-electron chi connectivity index (χ3n) is 1.31. The maximum atomic E-state index is 10.7.